The number of benzene rings is 1. The molecule has 2 aromatic heterocycles. The average Bonchev–Trinajstić information content (AvgIpc) is 3.54. The van der Waals surface area contributed by atoms with E-state index in [0.717, 1.165) is 6.07 Å². The molecule has 15 heteroatoms. The number of amidine groups is 1. The number of aromatic carboxylic acids is 1. The number of carboxylic acids is 1. The molecule has 1 saturated heterocycles. The van der Waals surface area contributed by atoms with Crippen LogP contribution in [0.5, 0.6) is 6.01 Å². The van der Waals surface area contributed by atoms with Crippen molar-refractivity contribution < 1.29 is 33.0 Å². The standard InChI is InChI=1S/C27H25ClF2N6O5S/c1-3-41-26(39)18-21(13-6-9-36(10-7-13)17-12-16(25(37)38)32-27(33-17)40-2)34-23(24-31-8-11-42-24)35-22(18)14-4-5-15(29)20(30)19(14)28/h4-5,8,11-13,22H,3,6-7,9-10H2,1-2H3,(H,34,35)(H,37,38). The summed E-state index contributed by atoms with van der Waals surface area (Å²) in [7, 11) is 1.35. The molecule has 4 heterocycles. The van der Waals surface area contributed by atoms with E-state index in [-0.39, 0.29) is 35.4 Å². The lowest BCUT2D eigenvalue weighted by atomic mass is 9.85. The van der Waals surface area contributed by atoms with Gasteiger partial charge in [0.1, 0.15) is 11.9 Å². The van der Waals surface area contributed by atoms with Crippen LogP contribution in [0.3, 0.4) is 0 Å². The molecule has 0 radical (unpaired) electrons. The van der Waals surface area contributed by atoms with Gasteiger partial charge in [0, 0.05) is 47.9 Å². The van der Waals surface area contributed by atoms with Gasteiger partial charge < -0.3 is 24.8 Å². The van der Waals surface area contributed by atoms with Crippen LogP contribution in [-0.4, -0.2) is 64.6 Å². The van der Waals surface area contributed by atoms with Crippen molar-refractivity contribution >= 4 is 46.5 Å². The first-order valence-corrected chi connectivity index (χ1v) is 14.2. The highest BCUT2D eigenvalue weighted by Gasteiger charge is 2.38. The summed E-state index contributed by atoms with van der Waals surface area (Å²) < 4.78 is 39.1. The number of anilines is 1. The minimum Gasteiger partial charge on any atom is -0.477 e. The predicted molar refractivity (Wildman–Crippen MR) is 150 cm³/mol. The monoisotopic (exact) mass is 618 g/mol. The molecule has 11 nitrogen and oxygen atoms in total. The van der Waals surface area contributed by atoms with Gasteiger partial charge in [-0.15, -0.1) is 11.3 Å². The number of nitrogens with zero attached hydrogens (tertiary/aromatic N) is 5. The fraction of sp³-hybridized carbons (Fsp3) is 0.333. The van der Waals surface area contributed by atoms with Gasteiger partial charge in [-0.25, -0.2) is 23.4 Å². The van der Waals surface area contributed by atoms with Gasteiger partial charge in [0.05, 0.1) is 24.3 Å². The predicted octanol–water partition coefficient (Wildman–Crippen LogP) is 4.40. The molecule has 220 valence electrons. The number of carboxylic acid groups (broad SMARTS) is 1. The molecule has 42 heavy (non-hydrogen) atoms. The second-order valence-electron chi connectivity index (χ2n) is 9.32. The Morgan fingerprint density at radius 3 is 2.64 bits per heavy atom. The minimum atomic E-state index is -1.24. The summed E-state index contributed by atoms with van der Waals surface area (Å²) in [6, 6.07) is 2.47. The lowest BCUT2D eigenvalue weighted by Gasteiger charge is -2.37. The van der Waals surface area contributed by atoms with Crippen molar-refractivity contribution in [2.45, 2.75) is 25.8 Å². The molecule has 2 aliphatic heterocycles. The number of nitrogens with one attached hydrogen (secondary N) is 1. The molecule has 0 saturated carbocycles. The zero-order chi connectivity index (χ0) is 30.0. The van der Waals surface area contributed by atoms with Gasteiger partial charge in [-0.2, -0.15) is 9.97 Å². The van der Waals surface area contributed by atoms with E-state index in [1.54, 1.807) is 18.5 Å². The second kappa shape index (κ2) is 12.4. The number of halogens is 3. The van der Waals surface area contributed by atoms with E-state index in [4.69, 9.17) is 21.1 Å². The molecule has 2 aliphatic rings. The molecule has 2 N–H and O–H groups in total. The summed E-state index contributed by atoms with van der Waals surface area (Å²) in [6.45, 7) is 2.64. The first kappa shape index (κ1) is 29.3. The van der Waals surface area contributed by atoms with Crippen LogP contribution in [0.2, 0.25) is 5.02 Å². The minimum absolute atomic E-state index is 0.0659. The molecule has 0 aliphatic carbocycles. The van der Waals surface area contributed by atoms with E-state index < -0.39 is 34.6 Å². The highest BCUT2D eigenvalue weighted by molar-refractivity contribution is 7.11. The van der Waals surface area contributed by atoms with Crippen LogP contribution < -0.4 is 15.0 Å². The van der Waals surface area contributed by atoms with Crippen molar-refractivity contribution in [1.82, 2.24) is 20.3 Å². The van der Waals surface area contributed by atoms with Crippen LogP contribution >= 0.6 is 22.9 Å². The average molecular weight is 619 g/mol. The number of ether oxygens (including phenoxy) is 2. The molecule has 1 atom stereocenters. The zero-order valence-electron chi connectivity index (χ0n) is 22.4. The Hall–Kier alpha value is -4.17. The molecule has 1 aromatic carbocycles. The highest BCUT2D eigenvalue weighted by atomic mass is 35.5. The Bertz CT molecular complexity index is 1580. The van der Waals surface area contributed by atoms with Gasteiger partial charge in [-0.05, 0) is 25.8 Å². The summed E-state index contributed by atoms with van der Waals surface area (Å²) in [5.41, 5.74) is 0.570. The van der Waals surface area contributed by atoms with Crippen molar-refractivity contribution in [2.75, 3.05) is 31.7 Å². The van der Waals surface area contributed by atoms with Crippen LogP contribution in [0.1, 0.15) is 46.9 Å². The van der Waals surface area contributed by atoms with E-state index in [1.807, 2.05) is 4.90 Å². The molecule has 5 rings (SSSR count). The zero-order valence-corrected chi connectivity index (χ0v) is 24.0. The quantitative estimate of drug-likeness (QED) is 0.276. The molecule has 3 aromatic rings. The lowest BCUT2D eigenvalue weighted by Crippen LogP contribution is -2.42. The maximum Gasteiger partial charge on any atom is 0.354 e. The summed E-state index contributed by atoms with van der Waals surface area (Å²) in [6.07, 6.45) is 2.64. The summed E-state index contributed by atoms with van der Waals surface area (Å²) >= 11 is 7.59. The summed E-state index contributed by atoms with van der Waals surface area (Å²) in [4.78, 5) is 44.1. The van der Waals surface area contributed by atoms with Crippen LogP contribution in [0.15, 0.2) is 46.0 Å². The van der Waals surface area contributed by atoms with Crippen LogP contribution in [0, 0.1) is 17.6 Å². The van der Waals surface area contributed by atoms with Gasteiger partial charge in [0.2, 0.25) is 0 Å². The lowest BCUT2D eigenvalue weighted by molar-refractivity contribution is -0.139. The Balaban J connectivity index is 1.54. The third-order valence-electron chi connectivity index (χ3n) is 6.89. The Morgan fingerprint density at radius 1 is 1.24 bits per heavy atom. The van der Waals surface area contributed by atoms with Crippen molar-refractivity contribution in [2.24, 2.45) is 10.9 Å². The fourth-order valence-corrected chi connectivity index (χ4v) is 5.76. The van der Waals surface area contributed by atoms with Crippen LogP contribution in [0.25, 0.3) is 0 Å². The largest absolute Gasteiger partial charge is 0.477 e. The SMILES string of the molecule is CCOC(=O)C1=C(C2CCN(c3cc(C(=O)O)nc(OC)n3)CC2)NC(c2nccs2)=NC1c1ccc(F)c(F)c1Cl. The van der Waals surface area contributed by atoms with E-state index in [2.05, 4.69) is 25.3 Å². The number of hydrogen-bond donors (Lipinski definition) is 2. The van der Waals surface area contributed by atoms with Gasteiger partial charge in [-0.1, -0.05) is 17.7 Å². The molecule has 1 fully saturated rings. The first-order valence-electron chi connectivity index (χ1n) is 12.9. The first-order chi connectivity index (χ1) is 20.2. The highest BCUT2D eigenvalue weighted by Crippen LogP contribution is 2.41. The third-order valence-corrected chi connectivity index (χ3v) is 8.05. The van der Waals surface area contributed by atoms with Crippen molar-refractivity contribution in [3.63, 3.8) is 0 Å². The maximum absolute atomic E-state index is 14.6. The number of piperidine rings is 1. The fourth-order valence-electron chi connectivity index (χ4n) is 4.92. The Morgan fingerprint density at radius 2 is 2.00 bits per heavy atom. The van der Waals surface area contributed by atoms with Gasteiger partial charge in [-0.3, -0.25) is 4.99 Å². The maximum atomic E-state index is 14.6. The van der Waals surface area contributed by atoms with E-state index in [9.17, 15) is 23.5 Å². The topological polar surface area (TPSA) is 139 Å². The third kappa shape index (κ3) is 5.77. The number of aromatic nitrogens is 3. The molecular weight excluding hydrogens is 594 g/mol. The van der Waals surface area contributed by atoms with Crippen molar-refractivity contribution in [1.29, 1.82) is 0 Å². The van der Waals surface area contributed by atoms with Crippen LogP contribution in [-0.2, 0) is 9.53 Å². The second-order valence-corrected chi connectivity index (χ2v) is 10.6. The number of hydrogen-bond acceptors (Lipinski definition) is 11. The molecular formula is C27H25ClF2N6O5S. The molecule has 1 unspecified atom stereocenters. The van der Waals surface area contributed by atoms with Gasteiger partial charge >= 0.3 is 17.9 Å². The smallest absolute Gasteiger partial charge is 0.354 e. The normalized spacial score (nSPS) is 17.5. The Labute approximate surface area is 247 Å². The Kier molecular flexibility index (Phi) is 8.64. The van der Waals surface area contributed by atoms with Crippen LogP contribution in [0.4, 0.5) is 14.6 Å². The number of carbonyl (C=O) groups is 2. The number of esters is 1. The van der Waals surface area contributed by atoms with Gasteiger partial charge in [0.25, 0.3) is 0 Å². The number of allylic oxidation sites excluding steroid dienone is 1. The van der Waals surface area contributed by atoms with Gasteiger partial charge in [0.15, 0.2) is 28.2 Å². The number of carbonyl (C=O) groups excluding carboxylic acids is 1. The number of methoxy groups -OCH3 is 1. The summed E-state index contributed by atoms with van der Waals surface area (Å²) in [5.74, 6) is -3.71. The number of rotatable bonds is 8. The van der Waals surface area contributed by atoms with Crippen molar-refractivity contribution in [3.05, 3.63) is 74.0 Å². The molecule has 0 bridgehead atoms. The summed E-state index contributed by atoms with van der Waals surface area (Å²) in [5, 5.41) is 14.5. The van der Waals surface area contributed by atoms with Crippen molar-refractivity contribution in [3.8, 4) is 6.01 Å². The molecule has 0 amide bonds. The van der Waals surface area contributed by atoms with E-state index in [1.165, 1.54) is 30.6 Å². The number of aliphatic imine (C=N–C) groups is 1. The van der Waals surface area contributed by atoms with E-state index >= 15 is 0 Å². The number of thiazole rings is 1. The van der Waals surface area contributed by atoms with E-state index in [0.29, 0.717) is 48.3 Å². The molecule has 0 spiro atoms.